The van der Waals surface area contributed by atoms with Crippen LogP contribution in [0.5, 0.6) is 0 Å². The molecule has 1 saturated carbocycles. The number of thioether (sulfide) groups is 1. The maximum absolute atomic E-state index is 12.4. The van der Waals surface area contributed by atoms with E-state index in [1.165, 1.54) is 16.4 Å². The molecule has 0 spiro atoms. The van der Waals surface area contributed by atoms with Gasteiger partial charge in [0, 0.05) is 10.6 Å². The van der Waals surface area contributed by atoms with E-state index < -0.39 is 5.54 Å². The molecule has 27 heavy (non-hydrogen) atoms. The van der Waals surface area contributed by atoms with Crippen molar-refractivity contribution < 1.29 is 4.79 Å². The van der Waals surface area contributed by atoms with E-state index >= 15 is 0 Å². The molecule has 0 bridgehead atoms. The lowest BCUT2D eigenvalue weighted by Gasteiger charge is -2.26. The summed E-state index contributed by atoms with van der Waals surface area (Å²) in [6, 6.07) is 9.43. The second-order valence-corrected chi connectivity index (χ2v) is 8.01. The van der Waals surface area contributed by atoms with E-state index in [1.807, 2.05) is 0 Å². The number of nitrogens with two attached hydrogens (primary N) is 1. The van der Waals surface area contributed by atoms with Crippen LogP contribution >= 0.6 is 23.4 Å². The highest BCUT2D eigenvalue weighted by molar-refractivity contribution is 7.99. The number of rotatable bonds is 5. The number of nitriles is 1. The number of carbonyl (C=O) groups is 1. The zero-order valence-corrected chi connectivity index (χ0v) is 16.4. The number of amides is 1. The Bertz CT molecular complexity index is 837. The molecule has 9 heteroatoms. The fourth-order valence-corrected chi connectivity index (χ4v) is 3.98. The zero-order chi connectivity index (χ0) is 19.3. The molecule has 0 atom stereocenters. The molecule has 2 aromatic rings. The maximum atomic E-state index is 12.4. The number of nitrogens with one attached hydrogen (secondary N) is 1. The maximum Gasteiger partial charge on any atom is 0.231 e. The minimum Gasteiger partial charge on any atom is -0.337 e. The summed E-state index contributed by atoms with van der Waals surface area (Å²) in [5, 5.41) is 21.7. The van der Waals surface area contributed by atoms with Crippen LogP contribution in [-0.2, 0) is 4.79 Å². The number of hydrogen-bond donors (Lipinski definition) is 2. The lowest BCUT2D eigenvalue weighted by molar-refractivity contribution is -0.120. The minimum absolute atomic E-state index is 0.124. The van der Waals surface area contributed by atoms with Crippen LogP contribution in [0.4, 0.5) is 0 Å². The number of benzene rings is 1. The van der Waals surface area contributed by atoms with Crippen molar-refractivity contribution in [3.05, 3.63) is 29.3 Å². The van der Waals surface area contributed by atoms with Crippen LogP contribution in [-0.4, -0.2) is 32.1 Å². The highest BCUT2D eigenvalue weighted by Crippen LogP contribution is 2.27. The molecule has 1 amide bonds. The molecule has 1 aliphatic rings. The van der Waals surface area contributed by atoms with Crippen molar-refractivity contribution >= 4 is 29.3 Å². The summed E-state index contributed by atoms with van der Waals surface area (Å²) >= 11 is 7.09. The van der Waals surface area contributed by atoms with Crippen LogP contribution in [0.25, 0.3) is 11.4 Å². The van der Waals surface area contributed by atoms with Gasteiger partial charge in [-0.05, 0) is 37.1 Å². The summed E-state index contributed by atoms with van der Waals surface area (Å²) in [6.45, 7) is 0. The lowest BCUT2D eigenvalue weighted by atomic mass is 9.92. The molecule has 142 valence electrons. The quantitative estimate of drug-likeness (QED) is 0.450. The van der Waals surface area contributed by atoms with Crippen LogP contribution in [0.15, 0.2) is 29.4 Å². The molecule has 3 rings (SSSR count). The van der Waals surface area contributed by atoms with Gasteiger partial charge in [0.05, 0.1) is 11.8 Å². The molecule has 7 nitrogen and oxygen atoms in total. The van der Waals surface area contributed by atoms with E-state index in [9.17, 15) is 10.1 Å². The topological polar surface area (TPSA) is 110 Å². The Morgan fingerprint density at radius 1 is 1.26 bits per heavy atom. The first-order valence-electron chi connectivity index (χ1n) is 8.84. The third kappa shape index (κ3) is 4.73. The zero-order valence-electron chi connectivity index (χ0n) is 14.8. The predicted molar refractivity (Wildman–Crippen MR) is 106 cm³/mol. The third-order valence-electron chi connectivity index (χ3n) is 4.65. The number of nitrogens with zero attached hydrogens (tertiary/aromatic N) is 4. The second kappa shape index (κ2) is 8.63. The number of carbonyl (C=O) groups excluding carboxylic acids is 1. The monoisotopic (exact) mass is 404 g/mol. The van der Waals surface area contributed by atoms with Gasteiger partial charge in [-0.2, -0.15) is 5.26 Å². The van der Waals surface area contributed by atoms with E-state index in [0.717, 1.165) is 31.2 Å². The number of halogens is 1. The van der Waals surface area contributed by atoms with Crippen molar-refractivity contribution in [1.29, 1.82) is 5.26 Å². The van der Waals surface area contributed by atoms with Crippen LogP contribution < -0.4 is 11.2 Å². The number of hydrogen-bond acceptors (Lipinski definition) is 6. The second-order valence-electron chi connectivity index (χ2n) is 6.63. The van der Waals surface area contributed by atoms with Crippen LogP contribution in [0, 0.1) is 11.3 Å². The highest BCUT2D eigenvalue weighted by atomic mass is 35.5. The summed E-state index contributed by atoms with van der Waals surface area (Å²) in [4.78, 5) is 12.4. The fraction of sp³-hybridized carbons (Fsp3) is 0.444. The summed E-state index contributed by atoms with van der Waals surface area (Å²) in [6.07, 6.45) is 5.54. The molecule has 1 heterocycles. The first kappa shape index (κ1) is 19.5. The Labute approximate surface area is 167 Å². The Balaban J connectivity index is 1.62. The van der Waals surface area contributed by atoms with Crippen molar-refractivity contribution in [2.24, 2.45) is 0 Å². The molecule has 0 saturated heterocycles. The predicted octanol–water partition coefficient (Wildman–Crippen LogP) is 3.14. The third-order valence-corrected chi connectivity index (χ3v) is 5.84. The van der Waals surface area contributed by atoms with Gasteiger partial charge in [0.25, 0.3) is 0 Å². The van der Waals surface area contributed by atoms with Crippen LogP contribution in [0.2, 0.25) is 5.02 Å². The van der Waals surface area contributed by atoms with Crippen LogP contribution in [0.3, 0.4) is 0 Å². The Hall–Kier alpha value is -2.24. The van der Waals surface area contributed by atoms with E-state index in [2.05, 4.69) is 21.6 Å². The molecule has 1 fully saturated rings. The molecule has 0 radical (unpaired) electrons. The SMILES string of the molecule is N#CC1(NC(=O)CSc2nnc(-c3ccc(Cl)cc3)n2N)CCCCCC1. The summed E-state index contributed by atoms with van der Waals surface area (Å²) in [5.74, 6) is 6.49. The average molecular weight is 405 g/mol. The van der Waals surface area contributed by atoms with Crippen molar-refractivity contribution in [3.8, 4) is 17.5 Å². The molecule has 1 aliphatic carbocycles. The average Bonchev–Trinajstić information content (AvgIpc) is 2.88. The number of aromatic nitrogens is 3. The fourth-order valence-electron chi connectivity index (χ4n) is 3.20. The summed E-state index contributed by atoms with van der Waals surface area (Å²) in [7, 11) is 0. The van der Waals surface area contributed by atoms with Gasteiger partial charge in [0.15, 0.2) is 5.82 Å². The van der Waals surface area contributed by atoms with Gasteiger partial charge < -0.3 is 11.2 Å². The van der Waals surface area contributed by atoms with Gasteiger partial charge >= 0.3 is 0 Å². The minimum atomic E-state index is -0.751. The first-order valence-corrected chi connectivity index (χ1v) is 10.2. The Morgan fingerprint density at radius 2 is 1.93 bits per heavy atom. The first-order chi connectivity index (χ1) is 13.0. The van der Waals surface area contributed by atoms with E-state index in [4.69, 9.17) is 17.4 Å². The smallest absolute Gasteiger partial charge is 0.231 e. The molecule has 0 aliphatic heterocycles. The Kier molecular flexibility index (Phi) is 6.24. The largest absolute Gasteiger partial charge is 0.337 e. The van der Waals surface area contributed by atoms with Gasteiger partial charge in [-0.25, -0.2) is 4.68 Å². The van der Waals surface area contributed by atoms with E-state index in [-0.39, 0.29) is 11.7 Å². The number of nitrogen functional groups attached to an aromatic ring is 1. The van der Waals surface area contributed by atoms with Crippen molar-refractivity contribution in [3.63, 3.8) is 0 Å². The molecule has 1 aromatic carbocycles. The van der Waals surface area contributed by atoms with E-state index in [0.29, 0.717) is 28.8 Å². The highest BCUT2D eigenvalue weighted by Gasteiger charge is 2.32. The van der Waals surface area contributed by atoms with Gasteiger partial charge in [-0.1, -0.05) is 49.0 Å². The normalized spacial score (nSPS) is 16.3. The summed E-state index contributed by atoms with van der Waals surface area (Å²) < 4.78 is 1.35. The lowest BCUT2D eigenvalue weighted by Crippen LogP contribution is -2.47. The van der Waals surface area contributed by atoms with E-state index in [1.54, 1.807) is 24.3 Å². The molecule has 3 N–H and O–H groups in total. The molecule has 1 aromatic heterocycles. The van der Waals surface area contributed by atoms with Gasteiger partial charge in [0.2, 0.25) is 11.1 Å². The molecular formula is C18H21ClN6OS. The standard InChI is InChI=1S/C18H21ClN6OS/c19-14-7-5-13(6-8-14)16-23-24-17(25(16)21)27-11-15(26)22-18(12-20)9-3-1-2-4-10-18/h5-8H,1-4,9-11,21H2,(H,22,26). The van der Waals surface area contributed by atoms with Crippen molar-refractivity contribution in [2.75, 3.05) is 11.6 Å². The van der Waals surface area contributed by atoms with Gasteiger partial charge in [-0.15, -0.1) is 10.2 Å². The van der Waals surface area contributed by atoms with Crippen molar-refractivity contribution in [2.45, 2.75) is 49.2 Å². The molecule has 0 unspecified atom stereocenters. The van der Waals surface area contributed by atoms with Gasteiger partial charge in [0.1, 0.15) is 5.54 Å². The van der Waals surface area contributed by atoms with Crippen molar-refractivity contribution in [1.82, 2.24) is 20.2 Å². The summed E-state index contributed by atoms with van der Waals surface area (Å²) in [5.41, 5.74) is 0.0338. The van der Waals surface area contributed by atoms with Gasteiger partial charge in [-0.3, -0.25) is 4.79 Å². The Morgan fingerprint density at radius 3 is 2.56 bits per heavy atom. The van der Waals surface area contributed by atoms with Crippen LogP contribution in [0.1, 0.15) is 38.5 Å². The molecular weight excluding hydrogens is 384 g/mol.